The van der Waals surface area contributed by atoms with Gasteiger partial charge in [0.15, 0.2) is 0 Å². The lowest BCUT2D eigenvalue weighted by Gasteiger charge is -2.36. The van der Waals surface area contributed by atoms with Gasteiger partial charge in [-0.1, -0.05) is 26.2 Å². The third-order valence-electron chi connectivity index (χ3n) is 4.46. The molecule has 1 saturated carbocycles. The van der Waals surface area contributed by atoms with Gasteiger partial charge in [-0.2, -0.15) is 5.10 Å². The smallest absolute Gasteiger partial charge is 0.0762 e. The molecule has 0 saturated heterocycles. The van der Waals surface area contributed by atoms with Crippen molar-refractivity contribution in [3.8, 4) is 0 Å². The fourth-order valence-corrected chi connectivity index (χ4v) is 2.80. The highest BCUT2D eigenvalue weighted by Crippen LogP contribution is 2.28. The van der Waals surface area contributed by atoms with Crippen LogP contribution in [0.4, 0.5) is 0 Å². The second kappa shape index (κ2) is 6.53. The minimum Gasteiger partial charge on any atom is -0.394 e. The van der Waals surface area contributed by atoms with Gasteiger partial charge in [0.2, 0.25) is 0 Å². The highest BCUT2D eigenvalue weighted by atomic mass is 16.3. The minimum atomic E-state index is -0.0710. The summed E-state index contributed by atoms with van der Waals surface area (Å²) in [4.78, 5) is 0. The molecule has 2 rings (SSSR count). The molecule has 1 heterocycles. The summed E-state index contributed by atoms with van der Waals surface area (Å²) in [6.45, 7) is 5.34. The molecule has 1 fully saturated rings. The van der Waals surface area contributed by atoms with Crippen molar-refractivity contribution >= 4 is 0 Å². The molecule has 1 aromatic rings. The molecular weight excluding hydrogens is 238 g/mol. The first-order chi connectivity index (χ1) is 9.19. The van der Waals surface area contributed by atoms with E-state index in [9.17, 15) is 5.11 Å². The quantitative estimate of drug-likeness (QED) is 0.831. The van der Waals surface area contributed by atoms with Gasteiger partial charge in [0.1, 0.15) is 0 Å². The Labute approximate surface area is 116 Å². The molecule has 1 aromatic heterocycles. The standard InChI is InChI=1S/C15H27N3O/c1-3-13(2)18-10-7-14(17-18)11-16-15(12-19)8-5-4-6-9-15/h7,10,13,16,19H,3-6,8-9,11-12H2,1-2H3. The molecule has 1 aliphatic carbocycles. The normalized spacial score (nSPS) is 20.4. The predicted octanol–water partition coefficient (Wildman–Crippen LogP) is 2.64. The third-order valence-corrected chi connectivity index (χ3v) is 4.46. The summed E-state index contributed by atoms with van der Waals surface area (Å²) in [5.74, 6) is 0. The zero-order valence-electron chi connectivity index (χ0n) is 12.2. The average Bonchev–Trinajstić information content (AvgIpc) is 2.94. The number of aliphatic hydroxyl groups is 1. The molecule has 1 unspecified atom stereocenters. The van der Waals surface area contributed by atoms with Crippen LogP contribution in [0.3, 0.4) is 0 Å². The Morgan fingerprint density at radius 3 is 2.79 bits per heavy atom. The van der Waals surface area contributed by atoms with Gasteiger partial charge < -0.3 is 10.4 Å². The van der Waals surface area contributed by atoms with Crippen LogP contribution >= 0.6 is 0 Å². The van der Waals surface area contributed by atoms with E-state index in [1.54, 1.807) is 0 Å². The van der Waals surface area contributed by atoms with E-state index >= 15 is 0 Å². The molecule has 1 aliphatic rings. The number of nitrogens with one attached hydrogen (secondary N) is 1. The summed E-state index contributed by atoms with van der Waals surface area (Å²) < 4.78 is 2.03. The molecule has 4 heteroatoms. The van der Waals surface area contributed by atoms with Crippen molar-refractivity contribution in [2.75, 3.05) is 6.61 Å². The van der Waals surface area contributed by atoms with Gasteiger partial charge in [-0.25, -0.2) is 0 Å². The Morgan fingerprint density at radius 1 is 1.42 bits per heavy atom. The fraction of sp³-hybridized carbons (Fsp3) is 0.800. The zero-order valence-corrected chi connectivity index (χ0v) is 12.2. The number of hydrogen-bond acceptors (Lipinski definition) is 3. The molecule has 19 heavy (non-hydrogen) atoms. The number of aliphatic hydroxyl groups excluding tert-OH is 1. The average molecular weight is 265 g/mol. The van der Waals surface area contributed by atoms with Gasteiger partial charge in [0.25, 0.3) is 0 Å². The van der Waals surface area contributed by atoms with Crippen molar-refractivity contribution in [2.45, 2.75) is 70.5 Å². The number of hydrogen-bond donors (Lipinski definition) is 2. The van der Waals surface area contributed by atoms with Gasteiger partial charge in [0.05, 0.1) is 12.3 Å². The van der Waals surface area contributed by atoms with E-state index in [1.807, 2.05) is 4.68 Å². The molecule has 108 valence electrons. The van der Waals surface area contributed by atoms with Crippen LogP contribution in [0.25, 0.3) is 0 Å². The fourth-order valence-electron chi connectivity index (χ4n) is 2.80. The van der Waals surface area contributed by atoms with Crippen molar-refractivity contribution in [3.05, 3.63) is 18.0 Å². The van der Waals surface area contributed by atoms with Gasteiger partial charge in [0, 0.05) is 24.3 Å². The number of rotatable bonds is 6. The second-order valence-corrected chi connectivity index (χ2v) is 5.90. The Kier molecular flexibility index (Phi) is 4.99. The van der Waals surface area contributed by atoms with E-state index in [2.05, 4.69) is 36.5 Å². The molecular formula is C15H27N3O. The largest absolute Gasteiger partial charge is 0.394 e. The van der Waals surface area contributed by atoms with Crippen LogP contribution < -0.4 is 5.32 Å². The zero-order chi connectivity index (χ0) is 13.7. The first-order valence-corrected chi connectivity index (χ1v) is 7.59. The van der Waals surface area contributed by atoms with E-state index in [0.29, 0.717) is 6.04 Å². The molecule has 4 nitrogen and oxygen atoms in total. The van der Waals surface area contributed by atoms with Crippen LogP contribution in [0.2, 0.25) is 0 Å². The van der Waals surface area contributed by atoms with E-state index in [4.69, 9.17) is 0 Å². The molecule has 0 aromatic carbocycles. The van der Waals surface area contributed by atoms with E-state index in [1.165, 1.54) is 19.3 Å². The lowest BCUT2D eigenvalue weighted by molar-refractivity contribution is 0.119. The van der Waals surface area contributed by atoms with Gasteiger partial charge in [-0.15, -0.1) is 0 Å². The minimum absolute atomic E-state index is 0.0710. The van der Waals surface area contributed by atoms with E-state index in [0.717, 1.165) is 31.5 Å². The van der Waals surface area contributed by atoms with Crippen LogP contribution in [0.15, 0.2) is 12.3 Å². The summed E-state index contributed by atoms with van der Waals surface area (Å²) in [5.41, 5.74) is 0.997. The van der Waals surface area contributed by atoms with Crippen molar-refractivity contribution in [3.63, 3.8) is 0 Å². The van der Waals surface area contributed by atoms with Crippen molar-refractivity contribution < 1.29 is 5.11 Å². The molecule has 2 N–H and O–H groups in total. The topological polar surface area (TPSA) is 50.1 Å². The maximum atomic E-state index is 9.66. The Bertz CT molecular complexity index is 382. The summed E-state index contributed by atoms with van der Waals surface area (Å²) in [6, 6.07) is 2.53. The lowest BCUT2D eigenvalue weighted by atomic mass is 9.82. The van der Waals surface area contributed by atoms with Gasteiger partial charge >= 0.3 is 0 Å². The van der Waals surface area contributed by atoms with E-state index < -0.39 is 0 Å². The van der Waals surface area contributed by atoms with Crippen LogP contribution in [0.1, 0.15) is 64.1 Å². The molecule has 0 bridgehead atoms. The number of nitrogens with zero attached hydrogens (tertiary/aromatic N) is 2. The summed E-state index contributed by atoms with van der Waals surface area (Å²) in [6.07, 6.45) is 9.04. The Morgan fingerprint density at radius 2 is 2.16 bits per heavy atom. The van der Waals surface area contributed by atoms with Crippen molar-refractivity contribution in [2.24, 2.45) is 0 Å². The van der Waals surface area contributed by atoms with Crippen molar-refractivity contribution in [1.82, 2.24) is 15.1 Å². The first-order valence-electron chi connectivity index (χ1n) is 7.59. The predicted molar refractivity (Wildman–Crippen MR) is 77.0 cm³/mol. The second-order valence-electron chi connectivity index (χ2n) is 5.90. The van der Waals surface area contributed by atoms with E-state index in [-0.39, 0.29) is 12.1 Å². The molecule has 0 aliphatic heterocycles. The molecule has 0 radical (unpaired) electrons. The van der Waals surface area contributed by atoms with Gasteiger partial charge in [-0.05, 0) is 32.3 Å². The molecule has 0 amide bonds. The highest BCUT2D eigenvalue weighted by Gasteiger charge is 2.30. The maximum absolute atomic E-state index is 9.66. The molecule has 0 spiro atoms. The third kappa shape index (κ3) is 3.57. The SMILES string of the molecule is CCC(C)n1ccc(CNC2(CO)CCCCC2)n1. The Hall–Kier alpha value is -0.870. The summed E-state index contributed by atoms with van der Waals surface area (Å²) in [7, 11) is 0. The maximum Gasteiger partial charge on any atom is 0.0762 e. The van der Waals surface area contributed by atoms with Crippen LogP contribution in [0.5, 0.6) is 0 Å². The monoisotopic (exact) mass is 265 g/mol. The van der Waals surface area contributed by atoms with Crippen LogP contribution in [0, 0.1) is 0 Å². The lowest BCUT2D eigenvalue weighted by Crippen LogP contribution is -2.49. The summed E-state index contributed by atoms with van der Waals surface area (Å²) in [5, 5.41) is 17.8. The summed E-state index contributed by atoms with van der Waals surface area (Å²) >= 11 is 0. The van der Waals surface area contributed by atoms with Gasteiger partial charge in [-0.3, -0.25) is 4.68 Å². The molecule has 1 atom stereocenters. The number of aromatic nitrogens is 2. The van der Waals surface area contributed by atoms with Crippen molar-refractivity contribution in [1.29, 1.82) is 0 Å². The van der Waals surface area contributed by atoms with Crippen LogP contribution in [-0.2, 0) is 6.54 Å². The first kappa shape index (κ1) is 14.5. The van der Waals surface area contributed by atoms with Crippen LogP contribution in [-0.4, -0.2) is 27.0 Å². The Balaban J connectivity index is 1.92. The highest BCUT2D eigenvalue weighted by molar-refractivity contribution is 5.01.